The molecule has 2 aromatic rings. The van der Waals surface area contributed by atoms with Gasteiger partial charge in [0.15, 0.2) is 0 Å². The second-order valence-electron chi connectivity index (χ2n) is 6.06. The standard InChI is InChI=1S/C20H22N2O4/c1-25-16-8-9-18(26-2)14(12-16)13-21-19(23)17-10-11-22(20(17)24)15-6-4-3-5-7-15/h3-9,12,17H,10-11,13H2,1-2H3,(H,21,23)/t17-/m1/s1. The first-order chi connectivity index (χ1) is 12.6. The summed E-state index contributed by atoms with van der Waals surface area (Å²) in [5, 5.41) is 2.85. The van der Waals surface area contributed by atoms with Crippen molar-refractivity contribution in [3.63, 3.8) is 0 Å². The van der Waals surface area contributed by atoms with Crippen LogP contribution in [-0.2, 0) is 16.1 Å². The SMILES string of the molecule is COc1ccc(OC)c(CNC(=O)[C@H]2CCN(c3ccccc3)C2=O)c1. The Morgan fingerprint density at radius 3 is 2.62 bits per heavy atom. The minimum atomic E-state index is -0.660. The fraction of sp³-hybridized carbons (Fsp3) is 0.300. The van der Waals surface area contributed by atoms with Gasteiger partial charge in [-0.25, -0.2) is 0 Å². The topological polar surface area (TPSA) is 67.9 Å². The highest BCUT2D eigenvalue weighted by Crippen LogP contribution is 2.26. The van der Waals surface area contributed by atoms with Crippen molar-refractivity contribution in [2.24, 2.45) is 5.92 Å². The Morgan fingerprint density at radius 2 is 1.92 bits per heavy atom. The van der Waals surface area contributed by atoms with Gasteiger partial charge in [0.1, 0.15) is 17.4 Å². The zero-order valence-electron chi connectivity index (χ0n) is 14.9. The molecule has 1 aliphatic heterocycles. The molecule has 6 nitrogen and oxygen atoms in total. The van der Waals surface area contributed by atoms with Gasteiger partial charge in [-0.2, -0.15) is 0 Å². The predicted octanol–water partition coefficient (Wildman–Crippen LogP) is 2.37. The molecule has 0 spiro atoms. The summed E-state index contributed by atoms with van der Waals surface area (Å²) in [6, 6.07) is 14.8. The molecule has 0 unspecified atom stereocenters. The van der Waals surface area contributed by atoms with Crippen LogP contribution >= 0.6 is 0 Å². The monoisotopic (exact) mass is 354 g/mol. The first-order valence-corrected chi connectivity index (χ1v) is 8.49. The van der Waals surface area contributed by atoms with Gasteiger partial charge in [0.25, 0.3) is 0 Å². The molecule has 1 saturated heterocycles. The van der Waals surface area contributed by atoms with E-state index < -0.39 is 5.92 Å². The maximum Gasteiger partial charge on any atom is 0.239 e. The smallest absolute Gasteiger partial charge is 0.239 e. The molecular weight excluding hydrogens is 332 g/mol. The van der Waals surface area contributed by atoms with E-state index in [0.29, 0.717) is 24.5 Å². The van der Waals surface area contributed by atoms with Gasteiger partial charge in [-0.3, -0.25) is 9.59 Å². The van der Waals surface area contributed by atoms with Crippen molar-refractivity contribution >= 4 is 17.5 Å². The number of nitrogens with one attached hydrogen (secondary N) is 1. The van der Waals surface area contributed by atoms with Crippen molar-refractivity contribution in [3.8, 4) is 11.5 Å². The highest BCUT2D eigenvalue weighted by atomic mass is 16.5. The molecule has 2 aromatic carbocycles. The molecule has 1 heterocycles. The third-order valence-electron chi connectivity index (χ3n) is 4.53. The predicted molar refractivity (Wildman–Crippen MR) is 98.3 cm³/mol. The van der Waals surface area contributed by atoms with Crippen LogP contribution in [0.5, 0.6) is 11.5 Å². The lowest BCUT2D eigenvalue weighted by Crippen LogP contribution is -2.36. The van der Waals surface area contributed by atoms with Crippen LogP contribution in [0.3, 0.4) is 0 Å². The Bertz CT molecular complexity index is 792. The minimum absolute atomic E-state index is 0.161. The Morgan fingerprint density at radius 1 is 1.15 bits per heavy atom. The fourth-order valence-corrected chi connectivity index (χ4v) is 3.11. The number of anilines is 1. The van der Waals surface area contributed by atoms with Crippen LogP contribution in [0.1, 0.15) is 12.0 Å². The number of hydrogen-bond acceptors (Lipinski definition) is 4. The number of ether oxygens (including phenoxy) is 2. The molecule has 6 heteroatoms. The molecule has 2 amide bonds. The average Bonchev–Trinajstić information content (AvgIpc) is 3.08. The fourth-order valence-electron chi connectivity index (χ4n) is 3.11. The van der Waals surface area contributed by atoms with Crippen molar-refractivity contribution < 1.29 is 19.1 Å². The van der Waals surface area contributed by atoms with Crippen molar-refractivity contribution in [3.05, 3.63) is 54.1 Å². The summed E-state index contributed by atoms with van der Waals surface area (Å²) < 4.78 is 10.5. The van der Waals surface area contributed by atoms with E-state index in [4.69, 9.17) is 9.47 Å². The molecule has 0 aromatic heterocycles. The van der Waals surface area contributed by atoms with Gasteiger partial charge < -0.3 is 19.7 Å². The quantitative estimate of drug-likeness (QED) is 0.809. The van der Waals surface area contributed by atoms with E-state index >= 15 is 0 Å². The second kappa shape index (κ2) is 7.91. The summed E-state index contributed by atoms with van der Waals surface area (Å²) in [7, 11) is 3.16. The number of para-hydroxylation sites is 1. The number of carbonyl (C=O) groups excluding carboxylic acids is 2. The van der Waals surface area contributed by atoms with Gasteiger partial charge in [-0.1, -0.05) is 18.2 Å². The van der Waals surface area contributed by atoms with Crippen molar-refractivity contribution in [2.75, 3.05) is 25.7 Å². The van der Waals surface area contributed by atoms with Gasteiger partial charge in [0.2, 0.25) is 11.8 Å². The Labute approximate surface area is 152 Å². The van der Waals surface area contributed by atoms with Crippen LogP contribution in [0.25, 0.3) is 0 Å². The van der Waals surface area contributed by atoms with E-state index in [1.54, 1.807) is 31.3 Å². The molecule has 0 saturated carbocycles. The molecule has 1 atom stereocenters. The Balaban J connectivity index is 1.65. The number of benzene rings is 2. The van der Waals surface area contributed by atoms with Crippen molar-refractivity contribution in [2.45, 2.75) is 13.0 Å². The lowest BCUT2D eigenvalue weighted by molar-refractivity contribution is -0.132. The molecule has 26 heavy (non-hydrogen) atoms. The number of carbonyl (C=O) groups is 2. The van der Waals surface area contributed by atoms with Crippen molar-refractivity contribution in [1.29, 1.82) is 0 Å². The first kappa shape index (κ1) is 17.8. The molecule has 136 valence electrons. The van der Waals surface area contributed by atoms with Crippen LogP contribution in [0.15, 0.2) is 48.5 Å². The number of nitrogens with zero attached hydrogens (tertiary/aromatic N) is 1. The highest BCUT2D eigenvalue weighted by molar-refractivity contribution is 6.09. The van der Waals surface area contributed by atoms with E-state index in [0.717, 1.165) is 11.3 Å². The summed E-state index contributed by atoms with van der Waals surface area (Å²) in [4.78, 5) is 26.8. The van der Waals surface area contributed by atoms with Crippen molar-refractivity contribution in [1.82, 2.24) is 5.32 Å². The van der Waals surface area contributed by atoms with Crippen LogP contribution in [-0.4, -0.2) is 32.6 Å². The molecular formula is C20H22N2O4. The van der Waals surface area contributed by atoms with Gasteiger partial charge >= 0.3 is 0 Å². The summed E-state index contributed by atoms with van der Waals surface area (Å²) in [6.07, 6.45) is 0.509. The third-order valence-corrected chi connectivity index (χ3v) is 4.53. The molecule has 0 bridgehead atoms. The lowest BCUT2D eigenvalue weighted by Gasteiger charge is -2.17. The number of amides is 2. The van der Waals surface area contributed by atoms with E-state index in [2.05, 4.69) is 5.32 Å². The Kier molecular flexibility index (Phi) is 5.41. The minimum Gasteiger partial charge on any atom is -0.497 e. The summed E-state index contributed by atoms with van der Waals surface area (Å²) in [6.45, 7) is 0.817. The van der Waals surface area contributed by atoms with Gasteiger partial charge in [0, 0.05) is 24.3 Å². The zero-order chi connectivity index (χ0) is 18.5. The largest absolute Gasteiger partial charge is 0.497 e. The summed E-state index contributed by atoms with van der Waals surface area (Å²) in [5.41, 5.74) is 1.62. The molecule has 1 fully saturated rings. The zero-order valence-corrected chi connectivity index (χ0v) is 14.9. The molecule has 3 rings (SSSR count). The first-order valence-electron chi connectivity index (χ1n) is 8.49. The lowest BCUT2D eigenvalue weighted by atomic mass is 10.1. The maximum atomic E-state index is 12.6. The van der Waals surface area contributed by atoms with Crippen LogP contribution in [0.2, 0.25) is 0 Å². The Hall–Kier alpha value is -3.02. The van der Waals surface area contributed by atoms with E-state index in [-0.39, 0.29) is 18.4 Å². The normalized spacial score (nSPS) is 16.5. The number of rotatable bonds is 6. The van der Waals surface area contributed by atoms with Crippen LogP contribution in [0, 0.1) is 5.92 Å². The molecule has 1 N–H and O–H groups in total. The van der Waals surface area contributed by atoms with E-state index in [9.17, 15) is 9.59 Å². The molecule has 0 aliphatic carbocycles. The highest BCUT2D eigenvalue weighted by Gasteiger charge is 2.37. The van der Waals surface area contributed by atoms with Gasteiger partial charge in [0.05, 0.1) is 14.2 Å². The maximum absolute atomic E-state index is 12.6. The van der Waals surface area contributed by atoms with Gasteiger partial charge in [-0.05, 0) is 36.8 Å². The molecule has 0 radical (unpaired) electrons. The van der Waals surface area contributed by atoms with Gasteiger partial charge in [-0.15, -0.1) is 0 Å². The molecule has 1 aliphatic rings. The van der Waals surface area contributed by atoms with E-state index in [1.807, 2.05) is 36.4 Å². The second-order valence-corrected chi connectivity index (χ2v) is 6.06. The summed E-state index contributed by atoms with van der Waals surface area (Å²) in [5.74, 6) is 0.258. The third kappa shape index (κ3) is 3.64. The summed E-state index contributed by atoms with van der Waals surface area (Å²) >= 11 is 0. The number of methoxy groups -OCH3 is 2. The number of hydrogen-bond donors (Lipinski definition) is 1. The van der Waals surface area contributed by atoms with Crippen LogP contribution in [0.4, 0.5) is 5.69 Å². The average molecular weight is 354 g/mol. The van der Waals surface area contributed by atoms with E-state index in [1.165, 1.54) is 0 Å². The van der Waals surface area contributed by atoms with Crippen LogP contribution < -0.4 is 19.7 Å².